The van der Waals surface area contributed by atoms with Gasteiger partial charge in [0.2, 0.25) is 0 Å². The molecule has 0 aliphatic rings. The normalized spacial score (nSPS) is 10.9. The van der Waals surface area contributed by atoms with Crippen molar-refractivity contribution in [3.05, 3.63) is 36.0 Å². The van der Waals surface area contributed by atoms with E-state index in [0.29, 0.717) is 4.99 Å². The van der Waals surface area contributed by atoms with Gasteiger partial charge < -0.3 is 15.0 Å². The molecule has 0 fully saturated rings. The number of nitrogens with zero attached hydrogens (tertiary/aromatic N) is 1. The Balaban J connectivity index is 2.34. The smallest absolute Gasteiger partial charge is 0.104 e. The number of fused-ring (bicyclic) bond motifs is 1. The van der Waals surface area contributed by atoms with Crippen LogP contribution in [-0.2, 0) is 11.3 Å². The highest BCUT2D eigenvalue weighted by atomic mass is 32.1. The van der Waals surface area contributed by atoms with E-state index in [4.69, 9.17) is 22.7 Å². The van der Waals surface area contributed by atoms with Crippen molar-refractivity contribution in [3.63, 3.8) is 0 Å². The third kappa shape index (κ3) is 2.48. The van der Waals surface area contributed by atoms with Crippen molar-refractivity contribution in [1.29, 1.82) is 0 Å². The Morgan fingerprint density at radius 2 is 2.24 bits per heavy atom. The number of hydrogen-bond acceptors (Lipinski definition) is 2. The van der Waals surface area contributed by atoms with Gasteiger partial charge in [0.05, 0.1) is 0 Å². The van der Waals surface area contributed by atoms with Crippen LogP contribution in [0.3, 0.4) is 0 Å². The Hall–Kier alpha value is -1.39. The minimum Gasteiger partial charge on any atom is -0.389 e. The number of aromatic nitrogens is 1. The minimum absolute atomic E-state index is 0.449. The maximum absolute atomic E-state index is 5.71. The first-order chi connectivity index (χ1) is 8.24. The summed E-state index contributed by atoms with van der Waals surface area (Å²) in [4.78, 5) is 0.449. The number of rotatable bonds is 5. The molecule has 4 heteroatoms. The summed E-state index contributed by atoms with van der Waals surface area (Å²) >= 11 is 5.05. The van der Waals surface area contributed by atoms with E-state index in [-0.39, 0.29) is 0 Å². The molecule has 0 amide bonds. The van der Waals surface area contributed by atoms with Crippen molar-refractivity contribution >= 4 is 28.1 Å². The lowest BCUT2D eigenvalue weighted by Crippen LogP contribution is -2.09. The first kappa shape index (κ1) is 12.1. The molecule has 0 aliphatic carbocycles. The molecule has 1 aromatic carbocycles. The highest BCUT2D eigenvalue weighted by Gasteiger charge is 2.06. The third-order valence-electron chi connectivity index (χ3n) is 2.83. The molecular formula is C13H16N2OS. The van der Waals surface area contributed by atoms with Crippen molar-refractivity contribution in [3.8, 4) is 0 Å². The number of benzene rings is 1. The molecule has 0 bridgehead atoms. The SMILES string of the molecule is COCCCn1ccc2c(C(N)=S)cccc21. The topological polar surface area (TPSA) is 40.2 Å². The summed E-state index contributed by atoms with van der Waals surface area (Å²) in [7, 11) is 1.72. The first-order valence-electron chi connectivity index (χ1n) is 5.60. The first-order valence-corrected chi connectivity index (χ1v) is 6.01. The van der Waals surface area contributed by atoms with Crippen molar-refractivity contribution in [1.82, 2.24) is 4.57 Å². The molecule has 2 N–H and O–H groups in total. The van der Waals surface area contributed by atoms with E-state index in [1.165, 1.54) is 5.52 Å². The molecule has 1 heterocycles. The molecule has 0 spiro atoms. The molecule has 3 nitrogen and oxygen atoms in total. The van der Waals surface area contributed by atoms with Crippen LogP contribution in [0.15, 0.2) is 30.5 Å². The Morgan fingerprint density at radius 3 is 2.94 bits per heavy atom. The fraction of sp³-hybridized carbons (Fsp3) is 0.308. The molecule has 0 saturated carbocycles. The summed E-state index contributed by atoms with van der Waals surface area (Å²) in [5.41, 5.74) is 7.83. The summed E-state index contributed by atoms with van der Waals surface area (Å²) in [6.07, 6.45) is 3.07. The minimum atomic E-state index is 0.449. The van der Waals surface area contributed by atoms with Gasteiger partial charge in [-0.15, -0.1) is 0 Å². The van der Waals surface area contributed by atoms with E-state index < -0.39 is 0 Å². The quantitative estimate of drug-likeness (QED) is 0.652. The van der Waals surface area contributed by atoms with Crippen molar-refractivity contribution in [2.24, 2.45) is 5.73 Å². The molecule has 0 unspecified atom stereocenters. The summed E-state index contributed by atoms with van der Waals surface area (Å²) in [6.45, 7) is 1.72. The average molecular weight is 248 g/mol. The number of ether oxygens (including phenoxy) is 1. The van der Waals surface area contributed by atoms with Gasteiger partial charge in [-0.05, 0) is 18.6 Å². The van der Waals surface area contributed by atoms with E-state index in [1.807, 2.05) is 12.1 Å². The van der Waals surface area contributed by atoms with Gasteiger partial charge >= 0.3 is 0 Å². The van der Waals surface area contributed by atoms with E-state index in [0.717, 1.165) is 30.5 Å². The average Bonchev–Trinajstić information content (AvgIpc) is 2.72. The van der Waals surface area contributed by atoms with Gasteiger partial charge in [0.1, 0.15) is 4.99 Å². The van der Waals surface area contributed by atoms with Gasteiger partial charge in [-0.1, -0.05) is 24.4 Å². The molecule has 0 saturated heterocycles. The molecule has 0 aliphatic heterocycles. The van der Waals surface area contributed by atoms with Crippen LogP contribution in [0.5, 0.6) is 0 Å². The van der Waals surface area contributed by atoms with Crippen LogP contribution in [0, 0.1) is 0 Å². The van der Waals surface area contributed by atoms with Crippen LogP contribution in [0.25, 0.3) is 10.9 Å². The van der Waals surface area contributed by atoms with Gasteiger partial charge in [-0.3, -0.25) is 0 Å². The van der Waals surface area contributed by atoms with E-state index in [9.17, 15) is 0 Å². The van der Waals surface area contributed by atoms with Crippen LogP contribution < -0.4 is 5.73 Å². The lowest BCUT2D eigenvalue weighted by molar-refractivity contribution is 0.190. The number of aryl methyl sites for hydroxylation is 1. The second-order valence-corrected chi connectivity index (χ2v) is 4.40. The fourth-order valence-corrected chi connectivity index (χ4v) is 2.19. The van der Waals surface area contributed by atoms with E-state index >= 15 is 0 Å². The summed E-state index contributed by atoms with van der Waals surface area (Å²) in [5, 5.41) is 1.12. The van der Waals surface area contributed by atoms with Crippen LogP contribution >= 0.6 is 12.2 Å². The van der Waals surface area contributed by atoms with Gasteiger partial charge in [0, 0.05) is 42.9 Å². The molecule has 90 valence electrons. The maximum atomic E-state index is 5.71. The van der Waals surface area contributed by atoms with Crippen LogP contribution in [-0.4, -0.2) is 23.3 Å². The monoisotopic (exact) mass is 248 g/mol. The Kier molecular flexibility index (Phi) is 3.76. The van der Waals surface area contributed by atoms with Crippen molar-refractivity contribution in [2.75, 3.05) is 13.7 Å². The standard InChI is InChI=1S/C13H16N2OS/c1-16-9-3-7-15-8-6-10-11(13(14)17)4-2-5-12(10)15/h2,4-6,8H,3,7,9H2,1H3,(H2,14,17). The van der Waals surface area contributed by atoms with E-state index in [1.54, 1.807) is 7.11 Å². The second-order valence-electron chi connectivity index (χ2n) is 3.96. The van der Waals surface area contributed by atoms with Gasteiger partial charge in [-0.25, -0.2) is 0 Å². The summed E-state index contributed by atoms with van der Waals surface area (Å²) in [5.74, 6) is 0. The van der Waals surface area contributed by atoms with Crippen LogP contribution in [0.4, 0.5) is 0 Å². The zero-order valence-corrected chi connectivity index (χ0v) is 10.7. The Bertz CT molecular complexity index is 533. The Labute approximate surface area is 106 Å². The van der Waals surface area contributed by atoms with Crippen LogP contribution in [0.1, 0.15) is 12.0 Å². The lowest BCUT2D eigenvalue weighted by Gasteiger charge is -2.06. The molecule has 17 heavy (non-hydrogen) atoms. The highest BCUT2D eigenvalue weighted by molar-refractivity contribution is 7.80. The number of nitrogens with two attached hydrogens (primary N) is 1. The number of thiocarbonyl (C=S) groups is 1. The maximum Gasteiger partial charge on any atom is 0.104 e. The van der Waals surface area contributed by atoms with Crippen molar-refractivity contribution in [2.45, 2.75) is 13.0 Å². The van der Waals surface area contributed by atoms with E-state index in [2.05, 4.69) is 22.9 Å². The molecule has 2 rings (SSSR count). The molecule has 0 atom stereocenters. The Morgan fingerprint density at radius 1 is 1.41 bits per heavy atom. The molecular weight excluding hydrogens is 232 g/mol. The lowest BCUT2D eigenvalue weighted by atomic mass is 10.1. The molecule has 1 aromatic heterocycles. The predicted octanol–water partition coefficient (Wildman–Crippen LogP) is 2.31. The van der Waals surface area contributed by atoms with Crippen molar-refractivity contribution < 1.29 is 4.74 Å². The highest BCUT2D eigenvalue weighted by Crippen LogP contribution is 2.20. The van der Waals surface area contributed by atoms with Gasteiger partial charge in [0.15, 0.2) is 0 Å². The predicted molar refractivity (Wildman–Crippen MR) is 74.3 cm³/mol. The molecule has 0 radical (unpaired) electrons. The van der Waals surface area contributed by atoms with Crippen LogP contribution in [0.2, 0.25) is 0 Å². The zero-order chi connectivity index (χ0) is 12.3. The zero-order valence-electron chi connectivity index (χ0n) is 9.85. The second kappa shape index (κ2) is 5.29. The van der Waals surface area contributed by atoms with Gasteiger partial charge in [0.25, 0.3) is 0 Å². The number of methoxy groups -OCH3 is 1. The molecule has 2 aromatic rings. The summed E-state index contributed by atoms with van der Waals surface area (Å²) in [6, 6.07) is 8.11. The largest absolute Gasteiger partial charge is 0.389 e. The summed E-state index contributed by atoms with van der Waals surface area (Å²) < 4.78 is 7.26. The third-order valence-corrected chi connectivity index (χ3v) is 3.05. The number of hydrogen-bond donors (Lipinski definition) is 1. The fourth-order valence-electron chi connectivity index (χ4n) is 2.01. The van der Waals surface area contributed by atoms with Gasteiger partial charge in [-0.2, -0.15) is 0 Å².